The van der Waals surface area contributed by atoms with Gasteiger partial charge in [-0.1, -0.05) is 51.9 Å². The van der Waals surface area contributed by atoms with Crippen LogP contribution in [0, 0.1) is 0 Å². The zero-order chi connectivity index (χ0) is 22.2. The Labute approximate surface area is 185 Å². The molecule has 6 heteroatoms. The minimum atomic E-state index is -0.0322. The van der Waals surface area contributed by atoms with Crippen molar-refractivity contribution in [3.8, 4) is 11.5 Å². The van der Waals surface area contributed by atoms with Gasteiger partial charge in [-0.15, -0.1) is 0 Å². The molecule has 6 nitrogen and oxygen atoms in total. The van der Waals surface area contributed by atoms with Crippen molar-refractivity contribution in [1.29, 1.82) is 0 Å². The fourth-order valence-electron chi connectivity index (χ4n) is 3.08. The van der Waals surface area contributed by atoms with E-state index in [9.17, 15) is 5.11 Å². The molecule has 0 atom stereocenters. The average Bonchev–Trinajstić information content (AvgIpc) is 2.79. The standard InChI is InChI=1S/C25H35N3O3/c1-2-3-4-5-6-7-8-9-18-31-24-13-10-22(11-14-24)27-28-23-12-15-25(30)21(19-23)20-26-16-17-29/h10-15,19-20,29-30H,2-9,16-18H2,1H3. The van der Waals surface area contributed by atoms with E-state index in [1.54, 1.807) is 18.2 Å². The van der Waals surface area contributed by atoms with Gasteiger partial charge in [0.05, 0.1) is 31.1 Å². The number of nitrogens with zero attached hydrogens (tertiary/aromatic N) is 3. The molecule has 0 heterocycles. The molecule has 0 unspecified atom stereocenters. The smallest absolute Gasteiger partial charge is 0.124 e. The SMILES string of the molecule is CCCCCCCCCCOc1ccc(N=Nc2ccc(O)c(C=NCCO)c2)cc1. The zero-order valence-corrected chi connectivity index (χ0v) is 18.5. The molecular weight excluding hydrogens is 390 g/mol. The molecule has 31 heavy (non-hydrogen) atoms. The maximum absolute atomic E-state index is 9.87. The van der Waals surface area contributed by atoms with Gasteiger partial charge in [-0.2, -0.15) is 10.2 Å². The van der Waals surface area contributed by atoms with Crippen LogP contribution in [0.1, 0.15) is 63.9 Å². The minimum Gasteiger partial charge on any atom is -0.507 e. The Balaban J connectivity index is 1.74. The maximum Gasteiger partial charge on any atom is 0.124 e. The number of aliphatic hydroxyl groups is 1. The number of hydrogen-bond donors (Lipinski definition) is 2. The van der Waals surface area contributed by atoms with E-state index in [0.29, 0.717) is 17.8 Å². The predicted molar refractivity (Wildman–Crippen MR) is 126 cm³/mol. The van der Waals surface area contributed by atoms with Crippen molar-refractivity contribution in [2.45, 2.75) is 58.3 Å². The Morgan fingerprint density at radius 2 is 1.48 bits per heavy atom. The molecule has 0 fully saturated rings. The van der Waals surface area contributed by atoms with Crippen LogP contribution in [0.15, 0.2) is 57.7 Å². The summed E-state index contributed by atoms with van der Waals surface area (Å²) < 4.78 is 5.81. The van der Waals surface area contributed by atoms with Crippen LogP contribution in [-0.2, 0) is 0 Å². The van der Waals surface area contributed by atoms with Gasteiger partial charge in [0.1, 0.15) is 11.5 Å². The summed E-state index contributed by atoms with van der Waals surface area (Å²) in [5.74, 6) is 0.951. The number of phenols is 1. The number of aliphatic hydroxyl groups excluding tert-OH is 1. The quantitative estimate of drug-likeness (QED) is 0.188. The third-order valence-corrected chi connectivity index (χ3v) is 4.85. The van der Waals surface area contributed by atoms with Crippen LogP contribution in [0.2, 0.25) is 0 Å². The van der Waals surface area contributed by atoms with Gasteiger partial charge in [-0.3, -0.25) is 4.99 Å². The first kappa shape index (κ1) is 24.5. The van der Waals surface area contributed by atoms with Crippen LogP contribution in [0.3, 0.4) is 0 Å². The van der Waals surface area contributed by atoms with Gasteiger partial charge in [-0.25, -0.2) is 0 Å². The predicted octanol–water partition coefficient (Wildman–Crippen LogP) is 6.74. The van der Waals surface area contributed by atoms with E-state index in [0.717, 1.165) is 24.5 Å². The number of rotatable bonds is 15. The Bertz CT molecular complexity index is 804. The van der Waals surface area contributed by atoms with E-state index in [1.165, 1.54) is 51.2 Å². The molecule has 0 saturated carbocycles. The molecule has 0 aliphatic rings. The average molecular weight is 426 g/mol. The maximum atomic E-state index is 9.87. The first-order valence-corrected chi connectivity index (χ1v) is 11.3. The van der Waals surface area contributed by atoms with Crippen molar-refractivity contribution in [3.63, 3.8) is 0 Å². The molecule has 0 aliphatic heterocycles. The molecule has 0 aromatic heterocycles. The summed E-state index contributed by atoms with van der Waals surface area (Å²) in [6, 6.07) is 12.5. The summed E-state index contributed by atoms with van der Waals surface area (Å²) in [5, 5.41) is 27.1. The summed E-state index contributed by atoms with van der Waals surface area (Å²) >= 11 is 0. The zero-order valence-electron chi connectivity index (χ0n) is 18.5. The molecule has 2 aromatic rings. The molecule has 2 N–H and O–H groups in total. The van der Waals surface area contributed by atoms with Gasteiger partial charge >= 0.3 is 0 Å². The molecule has 0 saturated heterocycles. The summed E-state index contributed by atoms with van der Waals surface area (Å²) in [6.45, 7) is 3.24. The van der Waals surface area contributed by atoms with Gasteiger partial charge in [0.15, 0.2) is 0 Å². The molecule has 168 valence electrons. The molecule has 0 spiro atoms. The highest BCUT2D eigenvalue weighted by Gasteiger charge is 2.01. The van der Waals surface area contributed by atoms with Crippen molar-refractivity contribution in [3.05, 3.63) is 48.0 Å². The van der Waals surface area contributed by atoms with Crippen molar-refractivity contribution in [1.82, 2.24) is 0 Å². The lowest BCUT2D eigenvalue weighted by molar-refractivity contribution is 0.304. The Morgan fingerprint density at radius 3 is 2.19 bits per heavy atom. The Hall–Kier alpha value is -2.73. The van der Waals surface area contributed by atoms with E-state index in [1.807, 2.05) is 24.3 Å². The van der Waals surface area contributed by atoms with E-state index in [-0.39, 0.29) is 12.4 Å². The highest BCUT2D eigenvalue weighted by Crippen LogP contribution is 2.25. The van der Waals surface area contributed by atoms with Gasteiger partial charge < -0.3 is 14.9 Å². The molecule has 0 aliphatic carbocycles. The number of ether oxygens (including phenoxy) is 1. The van der Waals surface area contributed by atoms with Gasteiger partial charge in [0, 0.05) is 11.8 Å². The van der Waals surface area contributed by atoms with Crippen LogP contribution < -0.4 is 4.74 Å². The highest BCUT2D eigenvalue weighted by molar-refractivity contribution is 5.84. The largest absolute Gasteiger partial charge is 0.507 e. The van der Waals surface area contributed by atoms with E-state index in [2.05, 4.69) is 22.1 Å². The number of aliphatic imine (C=N–C) groups is 1. The summed E-state index contributed by atoms with van der Waals surface area (Å²) in [5.41, 5.74) is 1.87. The summed E-state index contributed by atoms with van der Waals surface area (Å²) in [6.07, 6.45) is 11.8. The molecule has 2 rings (SSSR count). The van der Waals surface area contributed by atoms with Crippen molar-refractivity contribution in [2.75, 3.05) is 19.8 Å². The normalized spacial score (nSPS) is 11.5. The van der Waals surface area contributed by atoms with Gasteiger partial charge in [0.2, 0.25) is 0 Å². The number of phenolic OH excluding ortho intramolecular Hbond substituents is 1. The molecular formula is C25H35N3O3. The lowest BCUT2D eigenvalue weighted by Gasteiger charge is -2.06. The van der Waals surface area contributed by atoms with Crippen LogP contribution in [0.5, 0.6) is 11.5 Å². The lowest BCUT2D eigenvalue weighted by atomic mass is 10.1. The summed E-state index contributed by atoms with van der Waals surface area (Å²) in [7, 11) is 0. The number of azo groups is 1. The first-order chi connectivity index (χ1) is 15.2. The monoisotopic (exact) mass is 425 g/mol. The topological polar surface area (TPSA) is 86.8 Å². The Morgan fingerprint density at radius 1 is 0.839 bits per heavy atom. The van der Waals surface area contributed by atoms with Crippen LogP contribution in [-0.4, -0.2) is 36.2 Å². The number of aromatic hydroxyl groups is 1. The van der Waals surface area contributed by atoms with E-state index in [4.69, 9.17) is 9.84 Å². The second-order valence-corrected chi connectivity index (χ2v) is 7.52. The van der Waals surface area contributed by atoms with E-state index >= 15 is 0 Å². The fraction of sp³-hybridized carbons (Fsp3) is 0.480. The second-order valence-electron chi connectivity index (χ2n) is 7.52. The van der Waals surface area contributed by atoms with Crippen LogP contribution >= 0.6 is 0 Å². The Kier molecular flexibility index (Phi) is 12.0. The lowest BCUT2D eigenvalue weighted by Crippen LogP contribution is -1.96. The number of hydrogen-bond acceptors (Lipinski definition) is 6. The third-order valence-electron chi connectivity index (χ3n) is 4.85. The highest BCUT2D eigenvalue weighted by atomic mass is 16.5. The van der Waals surface area contributed by atoms with Crippen molar-refractivity contribution in [2.24, 2.45) is 15.2 Å². The molecule has 0 radical (unpaired) electrons. The number of unbranched alkanes of at least 4 members (excludes halogenated alkanes) is 7. The summed E-state index contributed by atoms with van der Waals surface area (Å²) in [4.78, 5) is 4.02. The molecule has 0 bridgehead atoms. The fourth-order valence-corrected chi connectivity index (χ4v) is 3.08. The first-order valence-electron chi connectivity index (χ1n) is 11.3. The second kappa shape index (κ2) is 15.1. The van der Waals surface area contributed by atoms with Crippen molar-refractivity contribution >= 4 is 17.6 Å². The van der Waals surface area contributed by atoms with Gasteiger partial charge in [0.25, 0.3) is 0 Å². The number of benzene rings is 2. The molecule has 2 aromatic carbocycles. The minimum absolute atomic E-state index is 0.0322. The van der Waals surface area contributed by atoms with E-state index < -0.39 is 0 Å². The third kappa shape index (κ3) is 10.2. The van der Waals surface area contributed by atoms with Crippen LogP contribution in [0.25, 0.3) is 0 Å². The van der Waals surface area contributed by atoms with Gasteiger partial charge in [-0.05, 0) is 48.9 Å². The molecule has 0 amide bonds. The van der Waals surface area contributed by atoms with Crippen LogP contribution in [0.4, 0.5) is 11.4 Å². The van der Waals surface area contributed by atoms with Crippen molar-refractivity contribution < 1.29 is 14.9 Å².